The molecule has 5 rings (SSSR count). The highest BCUT2D eigenvalue weighted by molar-refractivity contribution is 6.30. The van der Waals surface area contributed by atoms with Gasteiger partial charge in [0.05, 0.1) is 18.3 Å². The van der Waals surface area contributed by atoms with Crippen molar-refractivity contribution in [3.05, 3.63) is 70.5 Å². The van der Waals surface area contributed by atoms with Crippen molar-refractivity contribution < 1.29 is 9.13 Å². The molecule has 1 aliphatic heterocycles. The molecule has 0 radical (unpaired) electrons. The van der Waals surface area contributed by atoms with Gasteiger partial charge < -0.3 is 10.1 Å². The highest BCUT2D eigenvalue weighted by atomic mass is 35.5. The van der Waals surface area contributed by atoms with Gasteiger partial charge in [0.2, 0.25) is 0 Å². The molecule has 0 saturated heterocycles. The Morgan fingerprint density at radius 1 is 1.03 bits per heavy atom. The van der Waals surface area contributed by atoms with Gasteiger partial charge in [-0.15, -0.1) is 22.6 Å². The maximum absolute atomic E-state index is 13.9. The molecule has 2 heterocycles. The number of benzene rings is 2. The lowest BCUT2D eigenvalue weighted by atomic mass is 9.86. The van der Waals surface area contributed by atoms with Gasteiger partial charge in [0.15, 0.2) is 17.4 Å². The van der Waals surface area contributed by atoms with Crippen molar-refractivity contribution in [1.29, 1.82) is 0 Å². The molecule has 0 unspecified atom stereocenters. The second kappa shape index (κ2) is 8.92. The Kier molecular flexibility index (Phi) is 6.27. The van der Waals surface area contributed by atoms with E-state index in [1.165, 1.54) is 6.07 Å². The van der Waals surface area contributed by atoms with Crippen molar-refractivity contribution in [3.8, 4) is 11.4 Å². The first-order chi connectivity index (χ1) is 14.2. The Morgan fingerprint density at radius 3 is 2.63 bits per heavy atom. The topological polar surface area (TPSA) is 52.0 Å². The van der Waals surface area contributed by atoms with Crippen molar-refractivity contribution >= 4 is 24.0 Å². The molecule has 3 aromatic rings. The van der Waals surface area contributed by atoms with Crippen LogP contribution in [0.4, 0.5) is 4.39 Å². The lowest BCUT2D eigenvalue weighted by molar-refractivity contribution is 0.139. The number of aromatic nitrogens is 3. The molecule has 30 heavy (non-hydrogen) atoms. The first kappa shape index (κ1) is 21.1. The van der Waals surface area contributed by atoms with Crippen LogP contribution in [0.5, 0.6) is 5.75 Å². The van der Waals surface area contributed by atoms with Crippen molar-refractivity contribution in [2.45, 2.75) is 50.8 Å². The molecule has 2 aliphatic rings. The summed E-state index contributed by atoms with van der Waals surface area (Å²) in [5, 5.41) is 13.1. The molecular weight excluding hydrogens is 426 g/mol. The Morgan fingerprint density at radius 2 is 1.83 bits per heavy atom. The van der Waals surface area contributed by atoms with Crippen LogP contribution < -0.4 is 10.1 Å². The number of para-hydroxylation sites is 1. The molecular formula is C22H23Cl2FN4O. The summed E-state index contributed by atoms with van der Waals surface area (Å²) < 4.78 is 22.0. The van der Waals surface area contributed by atoms with E-state index in [1.54, 1.807) is 18.2 Å². The Hall–Kier alpha value is -2.15. The highest BCUT2D eigenvalue weighted by Gasteiger charge is 2.30. The predicted octanol–water partition coefficient (Wildman–Crippen LogP) is 5.19. The predicted molar refractivity (Wildman–Crippen MR) is 116 cm³/mol. The van der Waals surface area contributed by atoms with E-state index in [9.17, 15) is 4.39 Å². The SMILES string of the molecule is Cl.Fc1ccccc1O[C@H]1CC[C@H](c2nnc3n2-c2ccc(Cl)cc2CNC3)CC1. The van der Waals surface area contributed by atoms with E-state index in [2.05, 4.69) is 20.1 Å². The Bertz CT molecular complexity index is 1030. The van der Waals surface area contributed by atoms with Gasteiger partial charge >= 0.3 is 0 Å². The largest absolute Gasteiger partial charge is 0.487 e. The molecule has 2 aromatic carbocycles. The first-order valence-corrected chi connectivity index (χ1v) is 10.4. The van der Waals surface area contributed by atoms with Gasteiger partial charge in [-0.1, -0.05) is 23.7 Å². The second-order valence-corrected chi connectivity index (χ2v) is 8.14. The molecule has 8 heteroatoms. The second-order valence-electron chi connectivity index (χ2n) is 7.71. The van der Waals surface area contributed by atoms with E-state index in [0.29, 0.717) is 18.2 Å². The minimum atomic E-state index is -0.305. The van der Waals surface area contributed by atoms with Gasteiger partial charge in [-0.05, 0) is 61.6 Å². The number of halogens is 3. The quantitative estimate of drug-likeness (QED) is 0.598. The summed E-state index contributed by atoms with van der Waals surface area (Å²) in [6, 6.07) is 12.6. The third kappa shape index (κ3) is 4.04. The van der Waals surface area contributed by atoms with Crippen LogP contribution in [0, 0.1) is 5.82 Å². The molecule has 1 N–H and O–H groups in total. The molecule has 158 valence electrons. The molecule has 1 fully saturated rings. The zero-order valence-electron chi connectivity index (χ0n) is 16.4. The van der Waals surface area contributed by atoms with Crippen LogP contribution in [0.2, 0.25) is 5.02 Å². The average molecular weight is 449 g/mol. The summed E-state index contributed by atoms with van der Waals surface area (Å²) in [6.45, 7) is 1.42. The third-order valence-corrected chi connectivity index (χ3v) is 6.04. The summed E-state index contributed by atoms with van der Waals surface area (Å²) in [5.74, 6) is 2.25. The van der Waals surface area contributed by atoms with Gasteiger partial charge in [-0.3, -0.25) is 4.57 Å². The standard InChI is InChI=1S/C22H22ClFN4O.ClH/c23-16-7-10-19-15(11-16)12-25-13-21-26-27-22(28(19)21)14-5-8-17(9-6-14)29-20-4-2-1-3-18(20)24;/h1-4,7,10-11,14,17,25H,5-6,8-9,12-13H2;1H/t14-,17-;. The number of hydrogen-bond donors (Lipinski definition) is 1. The van der Waals surface area contributed by atoms with Crippen molar-refractivity contribution in [2.24, 2.45) is 0 Å². The summed E-state index contributed by atoms with van der Waals surface area (Å²) in [5.41, 5.74) is 2.24. The maximum atomic E-state index is 13.9. The summed E-state index contributed by atoms with van der Waals surface area (Å²) >= 11 is 6.20. The van der Waals surface area contributed by atoms with E-state index in [0.717, 1.165) is 60.2 Å². The molecule has 0 bridgehead atoms. The maximum Gasteiger partial charge on any atom is 0.165 e. The number of rotatable bonds is 3. The van der Waals surface area contributed by atoms with Gasteiger partial charge in [0.1, 0.15) is 5.82 Å². The van der Waals surface area contributed by atoms with Gasteiger partial charge in [0.25, 0.3) is 0 Å². The van der Waals surface area contributed by atoms with Crippen LogP contribution in [0.25, 0.3) is 5.69 Å². The highest BCUT2D eigenvalue weighted by Crippen LogP contribution is 2.36. The van der Waals surface area contributed by atoms with E-state index >= 15 is 0 Å². The lowest BCUT2D eigenvalue weighted by Gasteiger charge is -2.29. The molecule has 1 aliphatic carbocycles. The monoisotopic (exact) mass is 448 g/mol. The van der Waals surface area contributed by atoms with Crippen LogP contribution >= 0.6 is 24.0 Å². The third-order valence-electron chi connectivity index (χ3n) is 5.81. The van der Waals surface area contributed by atoms with Crippen LogP contribution in [-0.2, 0) is 13.1 Å². The van der Waals surface area contributed by atoms with Crippen LogP contribution in [0.15, 0.2) is 42.5 Å². The van der Waals surface area contributed by atoms with Crippen LogP contribution in [0.3, 0.4) is 0 Å². The Labute approximate surface area is 186 Å². The van der Waals surface area contributed by atoms with E-state index in [4.69, 9.17) is 16.3 Å². The van der Waals surface area contributed by atoms with Gasteiger partial charge in [0, 0.05) is 17.5 Å². The van der Waals surface area contributed by atoms with Crippen molar-refractivity contribution in [1.82, 2.24) is 20.1 Å². The minimum absolute atomic E-state index is 0. The van der Waals surface area contributed by atoms with Gasteiger partial charge in [-0.25, -0.2) is 4.39 Å². The fraction of sp³-hybridized carbons (Fsp3) is 0.364. The zero-order chi connectivity index (χ0) is 19.8. The molecule has 1 saturated carbocycles. The smallest absolute Gasteiger partial charge is 0.165 e. The molecule has 0 spiro atoms. The first-order valence-electron chi connectivity index (χ1n) is 10.0. The van der Waals surface area contributed by atoms with Gasteiger partial charge in [-0.2, -0.15) is 0 Å². The fourth-order valence-electron chi connectivity index (χ4n) is 4.35. The summed E-state index contributed by atoms with van der Waals surface area (Å²) in [7, 11) is 0. The van der Waals surface area contributed by atoms with Crippen LogP contribution in [-0.4, -0.2) is 20.9 Å². The molecule has 0 amide bonds. The fourth-order valence-corrected chi connectivity index (χ4v) is 4.55. The molecule has 1 aromatic heterocycles. The number of ether oxygens (including phenoxy) is 1. The number of nitrogens with zero attached hydrogens (tertiary/aromatic N) is 3. The normalized spacial score (nSPS) is 20.5. The van der Waals surface area contributed by atoms with Crippen molar-refractivity contribution in [3.63, 3.8) is 0 Å². The number of fused-ring (bicyclic) bond motifs is 3. The summed E-state index contributed by atoms with van der Waals surface area (Å²) in [4.78, 5) is 0. The summed E-state index contributed by atoms with van der Waals surface area (Å²) in [6.07, 6.45) is 3.64. The van der Waals surface area contributed by atoms with Crippen LogP contribution in [0.1, 0.15) is 48.8 Å². The number of nitrogens with one attached hydrogen (secondary N) is 1. The van der Waals surface area contributed by atoms with E-state index < -0.39 is 0 Å². The zero-order valence-corrected chi connectivity index (χ0v) is 17.9. The van der Waals surface area contributed by atoms with E-state index in [1.807, 2.05) is 18.2 Å². The van der Waals surface area contributed by atoms with Crippen molar-refractivity contribution in [2.75, 3.05) is 0 Å². The molecule has 0 atom stereocenters. The number of hydrogen-bond acceptors (Lipinski definition) is 4. The minimum Gasteiger partial charge on any atom is -0.487 e. The average Bonchev–Trinajstić information content (AvgIpc) is 3.06. The molecule has 5 nitrogen and oxygen atoms in total. The van der Waals surface area contributed by atoms with E-state index in [-0.39, 0.29) is 24.3 Å². The Balaban J connectivity index is 0.00000218. The lowest BCUT2D eigenvalue weighted by Crippen LogP contribution is -2.25.